The van der Waals surface area contributed by atoms with Gasteiger partial charge in [0.2, 0.25) is 0 Å². The Morgan fingerprint density at radius 2 is 2.33 bits per heavy atom. The van der Waals surface area contributed by atoms with Crippen molar-refractivity contribution >= 4 is 5.69 Å². The number of imidazole rings is 1. The molecule has 1 aliphatic carbocycles. The second-order valence-electron chi connectivity index (χ2n) is 5.16. The van der Waals surface area contributed by atoms with E-state index in [9.17, 15) is 0 Å². The lowest BCUT2D eigenvalue weighted by molar-refractivity contribution is 0.674. The van der Waals surface area contributed by atoms with Crippen LogP contribution < -0.4 is 5.32 Å². The summed E-state index contributed by atoms with van der Waals surface area (Å²) < 4.78 is 2.25. The van der Waals surface area contributed by atoms with Gasteiger partial charge in [-0.1, -0.05) is 6.92 Å². The predicted octanol–water partition coefficient (Wildman–Crippen LogP) is 3.02. The maximum absolute atomic E-state index is 4.66. The quantitative estimate of drug-likeness (QED) is 0.877. The molecule has 0 saturated heterocycles. The third-order valence-electron chi connectivity index (χ3n) is 3.92. The average Bonchev–Trinajstić information content (AvgIpc) is 3.16. The molecule has 1 aliphatic heterocycles. The number of pyridine rings is 1. The summed E-state index contributed by atoms with van der Waals surface area (Å²) in [6.07, 6.45) is 9.38. The molecule has 1 fully saturated rings. The number of nitrogens with one attached hydrogen (secondary N) is 1. The first-order chi connectivity index (χ1) is 8.88. The minimum absolute atomic E-state index is 0.361. The van der Waals surface area contributed by atoms with Gasteiger partial charge < -0.3 is 5.32 Å². The molecule has 18 heavy (non-hydrogen) atoms. The zero-order valence-corrected chi connectivity index (χ0v) is 10.4. The molecule has 0 radical (unpaired) electrons. The van der Waals surface area contributed by atoms with Crippen LogP contribution in [0.4, 0.5) is 5.69 Å². The Bertz CT molecular complexity index is 598. The standard InChI is InChI=1S/C14H16N4/c1-2-10-14-13(9-3-4-9)16-8-18(14)12-5-6-15-7-11(12)17-10/h5-10,17H,2-4H2,1H3. The molecule has 0 bridgehead atoms. The van der Waals surface area contributed by atoms with Crippen molar-refractivity contribution < 1.29 is 0 Å². The highest BCUT2D eigenvalue weighted by molar-refractivity contribution is 5.64. The van der Waals surface area contributed by atoms with Gasteiger partial charge in [-0.2, -0.15) is 0 Å². The topological polar surface area (TPSA) is 42.7 Å². The Morgan fingerprint density at radius 1 is 1.44 bits per heavy atom. The van der Waals surface area contributed by atoms with Crippen LogP contribution in [0, 0.1) is 0 Å². The van der Waals surface area contributed by atoms with Crippen LogP contribution >= 0.6 is 0 Å². The van der Waals surface area contributed by atoms with E-state index in [1.807, 2.05) is 18.7 Å². The molecule has 0 aromatic carbocycles. The van der Waals surface area contributed by atoms with Crippen LogP contribution in [-0.2, 0) is 0 Å². The largest absolute Gasteiger partial charge is 0.374 e. The smallest absolute Gasteiger partial charge is 0.0999 e. The highest BCUT2D eigenvalue weighted by Gasteiger charge is 2.34. The molecule has 1 N–H and O–H groups in total. The molecule has 2 aliphatic rings. The van der Waals surface area contributed by atoms with Gasteiger partial charge in [-0.15, -0.1) is 0 Å². The number of fused-ring (bicyclic) bond motifs is 3. The van der Waals surface area contributed by atoms with Gasteiger partial charge in [-0.25, -0.2) is 4.98 Å². The van der Waals surface area contributed by atoms with E-state index < -0.39 is 0 Å². The summed E-state index contributed by atoms with van der Waals surface area (Å²) in [5.41, 5.74) is 4.94. The fourth-order valence-electron chi connectivity index (χ4n) is 2.84. The van der Waals surface area contributed by atoms with Crippen LogP contribution in [0.2, 0.25) is 0 Å². The first-order valence-corrected chi connectivity index (χ1v) is 6.66. The fraction of sp³-hybridized carbons (Fsp3) is 0.429. The third kappa shape index (κ3) is 1.32. The van der Waals surface area contributed by atoms with E-state index in [2.05, 4.69) is 32.8 Å². The Balaban J connectivity index is 1.93. The van der Waals surface area contributed by atoms with Crippen LogP contribution in [0.15, 0.2) is 24.8 Å². The minimum atomic E-state index is 0.361. The summed E-state index contributed by atoms with van der Waals surface area (Å²) in [5.74, 6) is 0.695. The fourth-order valence-corrected chi connectivity index (χ4v) is 2.84. The van der Waals surface area contributed by atoms with E-state index in [4.69, 9.17) is 0 Å². The lowest BCUT2D eigenvalue weighted by Crippen LogP contribution is -2.21. The molecule has 3 heterocycles. The monoisotopic (exact) mass is 240 g/mol. The summed E-state index contributed by atoms with van der Waals surface area (Å²) >= 11 is 0. The summed E-state index contributed by atoms with van der Waals surface area (Å²) in [4.78, 5) is 8.86. The summed E-state index contributed by atoms with van der Waals surface area (Å²) in [7, 11) is 0. The van der Waals surface area contributed by atoms with Crippen molar-refractivity contribution in [3.05, 3.63) is 36.2 Å². The van der Waals surface area contributed by atoms with Gasteiger partial charge in [0.25, 0.3) is 0 Å². The molecule has 0 spiro atoms. The maximum atomic E-state index is 4.66. The van der Waals surface area contributed by atoms with Crippen LogP contribution in [0.1, 0.15) is 49.5 Å². The predicted molar refractivity (Wildman–Crippen MR) is 70.0 cm³/mol. The summed E-state index contributed by atoms with van der Waals surface area (Å²) in [6, 6.07) is 2.41. The Kier molecular flexibility index (Phi) is 2.01. The zero-order valence-electron chi connectivity index (χ0n) is 10.4. The molecule has 4 nitrogen and oxygen atoms in total. The van der Waals surface area contributed by atoms with Gasteiger partial charge in [0.1, 0.15) is 0 Å². The first-order valence-electron chi connectivity index (χ1n) is 6.66. The number of rotatable bonds is 2. The average molecular weight is 240 g/mol. The van der Waals surface area contributed by atoms with Gasteiger partial charge in [-0.3, -0.25) is 9.55 Å². The van der Waals surface area contributed by atoms with Crippen molar-refractivity contribution in [3.8, 4) is 5.69 Å². The number of aromatic nitrogens is 3. The lowest BCUT2D eigenvalue weighted by atomic mass is 10.0. The SMILES string of the molecule is CCC1Nc2cnccc2-n2cnc(C3CC3)c21. The number of nitrogens with zero attached hydrogens (tertiary/aromatic N) is 3. The minimum Gasteiger partial charge on any atom is -0.374 e. The summed E-state index contributed by atoms with van der Waals surface area (Å²) in [5, 5.41) is 3.59. The molecule has 1 saturated carbocycles. The molecule has 2 aromatic rings. The number of anilines is 1. The van der Waals surface area contributed by atoms with Crippen molar-refractivity contribution in [1.82, 2.24) is 14.5 Å². The Morgan fingerprint density at radius 3 is 3.11 bits per heavy atom. The number of hydrogen-bond donors (Lipinski definition) is 1. The molecule has 92 valence electrons. The summed E-state index contributed by atoms with van der Waals surface area (Å²) in [6.45, 7) is 2.22. The van der Waals surface area contributed by atoms with Crippen molar-refractivity contribution in [2.75, 3.05) is 5.32 Å². The number of hydrogen-bond acceptors (Lipinski definition) is 3. The lowest BCUT2D eigenvalue weighted by Gasteiger charge is -2.28. The molecule has 4 rings (SSSR count). The van der Waals surface area contributed by atoms with Gasteiger partial charge in [0, 0.05) is 12.1 Å². The maximum Gasteiger partial charge on any atom is 0.0999 e. The van der Waals surface area contributed by atoms with Crippen molar-refractivity contribution in [2.45, 2.75) is 38.1 Å². The Hall–Kier alpha value is -1.84. The van der Waals surface area contributed by atoms with Gasteiger partial charge in [0.05, 0.1) is 41.3 Å². The van der Waals surface area contributed by atoms with E-state index in [1.54, 1.807) is 0 Å². The van der Waals surface area contributed by atoms with Crippen molar-refractivity contribution in [3.63, 3.8) is 0 Å². The van der Waals surface area contributed by atoms with Crippen LogP contribution in [-0.4, -0.2) is 14.5 Å². The second-order valence-corrected chi connectivity index (χ2v) is 5.16. The molecule has 0 amide bonds. The van der Waals surface area contributed by atoms with Crippen molar-refractivity contribution in [2.24, 2.45) is 0 Å². The molecular weight excluding hydrogens is 224 g/mol. The molecule has 2 aromatic heterocycles. The third-order valence-corrected chi connectivity index (χ3v) is 3.92. The zero-order chi connectivity index (χ0) is 12.1. The normalized spacial score (nSPS) is 21.1. The molecule has 4 heteroatoms. The highest BCUT2D eigenvalue weighted by atomic mass is 15.2. The molecule has 1 unspecified atom stereocenters. The van der Waals surface area contributed by atoms with E-state index in [0.717, 1.165) is 12.1 Å². The molecule has 1 atom stereocenters. The van der Waals surface area contributed by atoms with Crippen molar-refractivity contribution in [1.29, 1.82) is 0 Å². The van der Waals surface area contributed by atoms with Gasteiger partial charge in [0.15, 0.2) is 0 Å². The van der Waals surface area contributed by atoms with Crippen LogP contribution in [0.5, 0.6) is 0 Å². The first kappa shape index (κ1) is 10.1. The van der Waals surface area contributed by atoms with Crippen LogP contribution in [0.25, 0.3) is 5.69 Å². The van der Waals surface area contributed by atoms with E-state index >= 15 is 0 Å². The van der Waals surface area contributed by atoms with E-state index in [-0.39, 0.29) is 0 Å². The van der Waals surface area contributed by atoms with E-state index in [0.29, 0.717) is 12.0 Å². The van der Waals surface area contributed by atoms with E-state index in [1.165, 1.54) is 29.9 Å². The second kappa shape index (κ2) is 3.57. The molecular formula is C14H16N4. The van der Waals surface area contributed by atoms with Gasteiger partial charge in [-0.05, 0) is 25.3 Å². The Labute approximate surface area is 106 Å². The highest BCUT2D eigenvalue weighted by Crippen LogP contribution is 2.45. The van der Waals surface area contributed by atoms with Gasteiger partial charge >= 0.3 is 0 Å². The van der Waals surface area contributed by atoms with Crippen LogP contribution in [0.3, 0.4) is 0 Å².